The van der Waals surface area contributed by atoms with Crippen molar-refractivity contribution in [3.63, 3.8) is 0 Å². The standard InChI is InChI=1S/C20H23NO2S/c22-17-12-16(13-17)19(11-15-7-3-1-4-8-15)21-20(23)14-24-18-9-5-2-6-10-18/h1-10,16-17,19,22H,11-14H2,(H,21,23). The Balaban J connectivity index is 1.55. The Morgan fingerprint density at radius 3 is 2.33 bits per heavy atom. The third kappa shape index (κ3) is 4.86. The second-order valence-electron chi connectivity index (χ2n) is 6.35. The zero-order valence-electron chi connectivity index (χ0n) is 13.6. The number of aliphatic hydroxyl groups is 1. The molecule has 0 spiro atoms. The van der Waals surface area contributed by atoms with Crippen LogP contribution in [0.25, 0.3) is 0 Å². The highest BCUT2D eigenvalue weighted by atomic mass is 32.2. The first kappa shape index (κ1) is 17.1. The van der Waals surface area contributed by atoms with E-state index in [1.54, 1.807) is 11.8 Å². The maximum atomic E-state index is 12.3. The van der Waals surface area contributed by atoms with Crippen LogP contribution in [0.1, 0.15) is 18.4 Å². The van der Waals surface area contributed by atoms with Crippen LogP contribution in [0.3, 0.4) is 0 Å². The van der Waals surface area contributed by atoms with E-state index < -0.39 is 0 Å². The SMILES string of the molecule is O=C(CSc1ccccc1)NC(Cc1ccccc1)C1CC(O)C1. The predicted octanol–water partition coefficient (Wildman–Crippen LogP) is 3.28. The van der Waals surface area contributed by atoms with E-state index in [-0.39, 0.29) is 18.1 Å². The van der Waals surface area contributed by atoms with E-state index in [9.17, 15) is 9.90 Å². The van der Waals surface area contributed by atoms with Crippen LogP contribution < -0.4 is 5.32 Å². The highest BCUT2D eigenvalue weighted by molar-refractivity contribution is 8.00. The van der Waals surface area contributed by atoms with Gasteiger partial charge < -0.3 is 10.4 Å². The molecule has 3 nitrogen and oxygen atoms in total. The van der Waals surface area contributed by atoms with Gasteiger partial charge in [-0.15, -0.1) is 11.8 Å². The average molecular weight is 341 g/mol. The van der Waals surface area contributed by atoms with Gasteiger partial charge >= 0.3 is 0 Å². The summed E-state index contributed by atoms with van der Waals surface area (Å²) in [4.78, 5) is 13.5. The first-order valence-corrected chi connectivity index (χ1v) is 9.38. The van der Waals surface area contributed by atoms with Gasteiger partial charge in [-0.3, -0.25) is 4.79 Å². The van der Waals surface area contributed by atoms with Crippen molar-refractivity contribution in [2.45, 2.75) is 36.3 Å². The number of nitrogens with one attached hydrogen (secondary N) is 1. The predicted molar refractivity (Wildman–Crippen MR) is 98.0 cm³/mol. The molecule has 2 aromatic rings. The Bertz CT molecular complexity index is 641. The van der Waals surface area contributed by atoms with Gasteiger partial charge in [-0.2, -0.15) is 0 Å². The molecule has 2 aromatic carbocycles. The van der Waals surface area contributed by atoms with Gasteiger partial charge in [-0.1, -0.05) is 48.5 Å². The summed E-state index contributed by atoms with van der Waals surface area (Å²) in [7, 11) is 0. The number of rotatable bonds is 7. The molecule has 1 aliphatic carbocycles. The highest BCUT2D eigenvalue weighted by Crippen LogP contribution is 2.32. The Hall–Kier alpha value is -1.78. The van der Waals surface area contributed by atoms with E-state index in [0.29, 0.717) is 11.7 Å². The number of aliphatic hydroxyl groups excluding tert-OH is 1. The van der Waals surface area contributed by atoms with Gasteiger partial charge in [0, 0.05) is 10.9 Å². The molecule has 1 unspecified atom stereocenters. The Labute approximate surface area is 147 Å². The zero-order valence-corrected chi connectivity index (χ0v) is 14.4. The van der Waals surface area contributed by atoms with E-state index in [1.165, 1.54) is 5.56 Å². The third-order valence-electron chi connectivity index (χ3n) is 4.48. The van der Waals surface area contributed by atoms with Crippen molar-refractivity contribution in [3.05, 3.63) is 66.2 Å². The molecule has 126 valence electrons. The second kappa shape index (κ2) is 8.36. The molecule has 2 N–H and O–H groups in total. The summed E-state index contributed by atoms with van der Waals surface area (Å²) >= 11 is 1.55. The zero-order chi connectivity index (χ0) is 16.8. The molecule has 1 fully saturated rings. The average Bonchev–Trinajstić information content (AvgIpc) is 2.58. The van der Waals surface area contributed by atoms with Gasteiger partial charge in [-0.05, 0) is 42.9 Å². The molecule has 1 amide bonds. The largest absolute Gasteiger partial charge is 0.393 e. The van der Waals surface area contributed by atoms with E-state index in [2.05, 4.69) is 17.4 Å². The lowest BCUT2D eigenvalue weighted by Gasteiger charge is -2.38. The van der Waals surface area contributed by atoms with Crippen LogP contribution in [0, 0.1) is 5.92 Å². The Morgan fingerprint density at radius 1 is 1.08 bits per heavy atom. The van der Waals surface area contributed by atoms with Crippen molar-refractivity contribution in [1.29, 1.82) is 0 Å². The van der Waals surface area contributed by atoms with Gasteiger partial charge in [0.2, 0.25) is 5.91 Å². The number of amides is 1. The molecule has 1 saturated carbocycles. The van der Waals surface area contributed by atoms with Gasteiger partial charge in [-0.25, -0.2) is 0 Å². The fourth-order valence-electron chi connectivity index (χ4n) is 3.08. The lowest BCUT2D eigenvalue weighted by atomic mass is 9.75. The topological polar surface area (TPSA) is 49.3 Å². The lowest BCUT2D eigenvalue weighted by Crippen LogP contribution is -2.48. The van der Waals surface area contributed by atoms with Crippen molar-refractivity contribution in [1.82, 2.24) is 5.32 Å². The summed E-state index contributed by atoms with van der Waals surface area (Å²) in [6, 6.07) is 20.3. The van der Waals surface area contributed by atoms with E-state index in [1.807, 2.05) is 48.5 Å². The maximum Gasteiger partial charge on any atom is 0.230 e. The first-order chi connectivity index (χ1) is 11.7. The summed E-state index contributed by atoms with van der Waals surface area (Å²) in [6.07, 6.45) is 2.18. The number of hydrogen-bond donors (Lipinski definition) is 2. The molecule has 0 radical (unpaired) electrons. The van der Waals surface area contributed by atoms with Crippen molar-refractivity contribution >= 4 is 17.7 Å². The number of carbonyl (C=O) groups excluding carboxylic acids is 1. The number of carbonyl (C=O) groups is 1. The molecule has 24 heavy (non-hydrogen) atoms. The number of benzene rings is 2. The van der Waals surface area contributed by atoms with E-state index in [4.69, 9.17) is 0 Å². The normalized spacial score (nSPS) is 20.9. The highest BCUT2D eigenvalue weighted by Gasteiger charge is 2.34. The van der Waals surface area contributed by atoms with Crippen LogP contribution in [0.2, 0.25) is 0 Å². The van der Waals surface area contributed by atoms with Crippen LogP contribution in [-0.2, 0) is 11.2 Å². The summed E-state index contributed by atoms with van der Waals surface area (Å²) in [5.41, 5.74) is 1.22. The third-order valence-corrected chi connectivity index (χ3v) is 5.49. The van der Waals surface area contributed by atoms with Gasteiger partial charge in [0.05, 0.1) is 11.9 Å². The Kier molecular flexibility index (Phi) is 5.94. The van der Waals surface area contributed by atoms with Crippen molar-refractivity contribution < 1.29 is 9.90 Å². The second-order valence-corrected chi connectivity index (χ2v) is 7.40. The molecule has 3 rings (SSSR count). The lowest BCUT2D eigenvalue weighted by molar-refractivity contribution is -0.120. The molecule has 0 aliphatic heterocycles. The minimum atomic E-state index is -0.205. The molecule has 0 saturated heterocycles. The molecule has 4 heteroatoms. The molecule has 0 bridgehead atoms. The number of thioether (sulfide) groups is 1. The van der Waals surface area contributed by atoms with Crippen LogP contribution in [-0.4, -0.2) is 28.9 Å². The van der Waals surface area contributed by atoms with Gasteiger partial charge in [0.15, 0.2) is 0 Å². The van der Waals surface area contributed by atoms with Crippen LogP contribution in [0.15, 0.2) is 65.6 Å². The van der Waals surface area contributed by atoms with E-state index in [0.717, 1.165) is 24.2 Å². The molecule has 0 heterocycles. The van der Waals surface area contributed by atoms with Crippen molar-refractivity contribution in [2.75, 3.05) is 5.75 Å². The van der Waals surface area contributed by atoms with Crippen LogP contribution >= 0.6 is 11.8 Å². The smallest absolute Gasteiger partial charge is 0.230 e. The quantitative estimate of drug-likeness (QED) is 0.760. The van der Waals surface area contributed by atoms with E-state index >= 15 is 0 Å². The van der Waals surface area contributed by atoms with Gasteiger partial charge in [0.25, 0.3) is 0 Å². The molecular formula is C20H23NO2S. The minimum absolute atomic E-state index is 0.0613. The van der Waals surface area contributed by atoms with Gasteiger partial charge in [0.1, 0.15) is 0 Å². The molecule has 1 aliphatic rings. The summed E-state index contributed by atoms with van der Waals surface area (Å²) in [5.74, 6) is 0.849. The van der Waals surface area contributed by atoms with Crippen LogP contribution in [0.5, 0.6) is 0 Å². The Morgan fingerprint density at radius 2 is 1.71 bits per heavy atom. The summed E-state index contributed by atoms with van der Waals surface area (Å²) in [5, 5.41) is 12.8. The fraction of sp³-hybridized carbons (Fsp3) is 0.350. The first-order valence-electron chi connectivity index (χ1n) is 8.40. The summed E-state index contributed by atoms with van der Waals surface area (Å²) in [6.45, 7) is 0. The van der Waals surface area contributed by atoms with Crippen molar-refractivity contribution in [3.8, 4) is 0 Å². The van der Waals surface area contributed by atoms with Crippen molar-refractivity contribution in [2.24, 2.45) is 5.92 Å². The van der Waals surface area contributed by atoms with Crippen LogP contribution in [0.4, 0.5) is 0 Å². The monoisotopic (exact) mass is 341 g/mol. The number of hydrogen-bond acceptors (Lipinski definition) is 3. The fourth-order valence-corrected chi connectivity index (χ4v) is 3.81. The maximum absolute atomic E-state index is 12.3. The summed E-state index contributed by atoms with van der Waals surface area (Å²) < 4.78 is 0. The molecule has 1 atom stereocenters. The molecule has 0 aromatic heterocycles. The molecular weight excluding hydrogens is 318 g/mol. The minimum Gasteiger partial charge on any atom is -0.393 e.